The van der Waals surface area contributed by atoms with Crippen LogP contribution in [0.3, 0.4) is 0 Å². The Morgan fingerprint density at radius 1 is 1.14 bits per heavy atom. The Morgan fingerprint density at radius 3 is 2.71 bits per heavy atom. The molecular formula is C23H29N3O2. The summed E-state index contributed by atoms with van der Waals surface area (Å²) in [5.74, 6) is 2.54. The van der Waals surface area contributed by atoms with Gasteiger partial charge < -0.3 is 4.74 Å². The van der Waals surface area contributed by atoms with Crippen molar-refractivity contribution in [3.63, 3.8) is 0 Å². The number of rotatable bonds is 4. The maximum Gasteiger partial charge on any atom is 0.230 e. The van der Waals surface area contributed by atoms with E-state index < -0.39 is 0 Å². The zero-order chi connectivity index (χ0) is 19.5. The van der Waals surface area contributed by atoms with Crippen molar-refractivity contribution >= 4 is 5.84 Å². The van der Waals surface area contributed by atoms with Crippen LogP contribution in [-0.4, -0.2) is 22.1 Å². The summed E-state index contributed by atoms with van der Waals surface area (Å²) >= 11 is 0. The van der Waals surface area contributed by atoms with Gasteiger partial charge in [0.15, 0.2) is 5.84 Å². The molecule has 1 fully saturated rings. The molecule has 0 atom stereocenters. The fourth-order valence-electron chi connectivity index (χ4n) is 4.42. The van der Waals surface area contributed by atoms with E-state index in [2.05, 4.69) is 30.4 Å². The number of hydroxylamine groups is 1. The number of hydrogen-bond donors (Lipinski definition) is 2. The third-order valence-corrected chi connectivity index (χ3v) is 6.11. The smallest absolute Gasteiger partial charge is 0.230 e. The number of pyridine rings is 1. The van der Waals surface area contributed by atoms with Crippen LogP contribution < -0.4 is 10.2 Å². The van der Waals surface area contributed by atoms with Crippen LogP contribution in [0.2, 0.25) is 0 Å². The van der Waals surface area contributed by atoms with Gasteiger partial charge >= 0.3 is 0 Å². The van der Waals surface area contributed by atoms with Gasteiger partial charge in [0, 0.05) is 6.20 Å². The maximum absolute atomic E-state index is 9.78. The molecule has 5 nitrogen and oxygen atoms in total. The van der Waals surface area contributed by atoms with Crippen LogP contribution in [0.25, 0.3) is 0 Å². The first-order valence-corrected chi connectivity index (χ1v) is 10.4. The number of aromatic nitrogens is 1. The van der Waals surface area contributed by atoms with Gasteiger partial charge in [0.2, 0.25) is 5.88 Å². The number of fused-ring (bicyclic) bond motifs is 1. The predicted octanol–water partition coefficient (Wildman–Crippen LogP) is 4.98. The van der Waals surface area contributed by atoms with Gasteiger partial charge in [0.05, 0.1) is 11.6 Å². The molecule has 2 aromatic rings. The summed E-state index contributed by atoms with van der Waals surface area (Å²) in [7, 11) is 0. The highest BCUT2D eigenvalue weighted by Crippen LogP contribution is 2.36. The molecule has 1 aromatic heterocycles. The number of benzene rings is 1. The zero-order valence-corrected chi connectivity index (χ0v) is 16.7. The van der Waals surface area contributed by atoms with E-state index in [0.717, 1.165) is 43.8 Å². The van der Waals surface area contributed by atoms with Crippen LogP contribution in [0, 0.1) is 12.8 Å². The van der Waals surface area contributed by atoms with Crippen molar-refractivity contribution in [1.82, 2.24) is 10.5 Å². The van der Waals surface area contributed by atoms with Gasteiger partial charge in [-0.3, -0.25) is 15.7 Å². The van der Waals surface area contributed by atoms with Gasteiger partial charge in [-0.1, -0.05) is 13.0 Å². The minimum Gasteiger partial charge on any atom is -0.438 e. The fraction of sp³-hybridized carbons (Fsp3) is 0.478. The molecule has 0 amide bonds. The monoisotopic (exact) mass is 379 g/mol. The van der Waals surface area contributed by atoms with Crippen molar-refractivity contribution < 1.29 is 9.94 Å². The summed E-state index contributed by atoms with van der Waals surface area (Å²) in [4.78, 5) is 9.22. The minimum atomic E-state index is 0.225. The molecule has 2 N–H and O–H groups in total. The van der Waals surface area contributed by atoms with E-state index in [9.17, 15) is 5.21 Å². The van der Waals surface area contributed by atoms with Crippen molar-refractivity contribution in [2.45, 2.75) is 64.8 Å². The Kier molecular flexibility index (Phi) is 5.62. The molecule has 4 rings (SSSR count). The highest BCUT2D eigenvalue weighted by Gasteiger charge is 2.22. The van der Waals surface area contributed by atoms with Crippen molar-refractivity contribution in [2.24, 2.45) is 10.9 Å². The first-order valence-electron chi connectivity index (χ1n) is 10.4. The third-order valence-electron chi connectivity index (χ3n) is 6.11. The van der Waals surface area contributed by atoms with Gasteiger partial charge in [-0.25, -0.2) is 4.98 Å². The summed E-state index contributed by atoms with van der Waals surface area (Å²) in [6.45, 7) is 4.45. The topological polar surface area (TPSA) is 66.7 Å². The van der Waals surface area contributed by atoms with Crippen LogP contribution >= 0.6 is 0 Å². The highest BCUT2D eigenvalue weighted by atomic mass is 16.5. The molecule has 0 radical (unpaired) electrons. The molecule has 148 valence electrons. The molecule has 28 heavy (non-hydrogen) atoms. The van der Waals surface area contributed by atoms with Crippen LogP contribution in [-0.2, 0) is 12.8 Å². The average molecular weight is 380 g/mol. The second-order valence-corrected chi connectivity index (χ2v) is 8.15. The fourth-order valence-corrected chi connectivity index (χ4v) is 4.42. The molecule has 0 bridgehead atoms. The van der Waals surface area contributed by atoms with Gasteiger partial charge in [0.25, 0.3) is 0 Å². The first-order chi connectivity index (χ1) is 13.7. The molecule has 5 heteroatoms. The lowest BCUT2D eigenvalue weighted by atomic mass is 9.88. The van der Waals surface area contributed by atoms with Crippen LogP contribution in [0.15, 0.2) is 35.5 Å². The lowest BCUT2D eigenvalue weighted by Gasteiger charge is -2.24. The van der Waals surface area contributed by atoms with Gasteiger partial charge in [0.1, 0.15) is 5.75 Å². The summed E-state index contributed by atoms with van der Waals surface area (Å²) in [5, 5.41) is 9.78. The van der Waals surface area contributed by atoms with Crippen molar-refractivity contribution in [2.75, 3.05) is 0 Å². The Balaban J connectivity index is 1.63. The van der Waals surface area contributed by atoms with E-state index in [1.807, 2.05) is 18.2 Å². The van der Waals surface area contributed by atoms with Gasteiger partial charge in [-0.15, -0.1) is 0 Å². The lowest BCUT2D eigenvalue weighted by molar-refractivity contribution is 0.232. The summed E-state index contributed by atoms with van der Waals surface area (Å²) in [5.41, 5.74) is 7.00. The van der Waals surface area contributed by atoms with Crippen molar-refractivity contribution in [3.05, 3.63) is 52.7 Å². The number of ether oxygens (including phenoxy) is 1. The number of aliphatic imine (C=N–C) groups is 1. The minimum absolute atomic E-state index is 0.225. The maximum atomic E-state index is 9.78. The van der Waals surface area contributed by atoms with Gasteiger partial charge in [-0.05, 0) is 92.7 Å². The Labute approximate surface area is 166 Å². The lowest BCUT2D eigenvalue weighted by Crippen LogP contribution is -2.25. The molecule has 0 spiro atoms. The Morgan fingerprint density at radius 2 is 1.93 bits per heavy atom. The normalized spacial score (nSPS) is 22.0. The third kappa shape index (κ3) is 3.90. The van der Waals surface area contributed by atoms with Crippen LogP contribution in [0.1, 0.15) is 61.3 Å². The van der Waals surface area contributed by atoms with Crippen LogP contribution in [0.5, 0.6) is 11.6 Å². The highest BCUT2D eigenvalue weighted by molar-refractivity contribution is 6.00. The molecule has 2 aliphatic rings. The average Bonchev–Trinajstić information content (AvgIpc) is 3.21. The Bertz CT molecular complexity index is 870. The zero-order valence-electron chi connectivity index (χ0n) is 16.7. The van der Waals surface area contributed by atoms with Crippen molar-refractivity contribution in [1.29, 1.82) is 0 Å². The second-order valence-electron chi connectivity index (χ2n) is 8.15. The van der Waals surface area contributed by atoms with E-state index in [4.69, 9.17) is 9.73 Å². The van der Waals surface area contributed by atoms with E-state index in [-0.39, 0.29) is 6.04 Å². The number of aryl methyl sites for hydroxylation is 1. The molecule has 2 aliphatic carbocycles. The van der Waals surface area contributed by atoms with E-state index in [1.54, 1.807) is 6.20 Å². The van der Waals surface area contributed by atoms with Crippen LogP contribution in [0.4, 0.5) is 0 Å². The molecule has 0 unspecified atom stereocenters. The second kappa shape index (κ2) is 8.31. The molecule has 0 saturated heterocycles. The largest absolute Gasteiger partial charge is 0.438 e. The first kappa shape index (κ1) is 18.9. The molecule has 0 aliphatic heterocycles. The van der Waals surface area contributed by atoms with Gasteiger partial charge in [-0.2, -0.15) is 0 Å². The van der Waals surface area contributed by atoms with E-state index in [1.165, 1.54) is 29.5 Å². The molecule has 1 saturated carbocycles. The number of hydrogen-bond acceptors (Lipinski definition) is 4. The number of amidine groups is 1. The Hall–Kier alpha value is -2.40. The summed E-state index contributed by atoms with van der Waals surface area (Å²) in [6, 6.07) is 8.11. The standard InChI is InChI=1S/C23H29N3O2/c1-15-8-11-17(12-9-15)25-22(26-27)20-7-4-14-24-23(20)28-21-13-10-16(2)18-5-3-6-19(18)21/h4,7,10,13-15,17,27H,3,5-6,8-9,11-12H2,1-2H3,(H,25,26). The predicted molar refractivity (Wildman–Crippen MR) is 110 cm³/mol. The van der Waals surface area contributed by atoms with Crippen molar-refractivity contribution in [3.8, 4) is 11.6 Å². The molecular weight excluding hydrogens is 350 g/mol. The quantitative estimate of drug-likeness (QED) is 0.447. The number of nitrogens with one attached hydrogen (secondary N) is 1. The summed E-state index contributed by atoms with van der Waals surface area (Å²) < 4.78 is 6.25. The molecule has 1 heterocycles. The molecule has 1 aromatic carbocycles. The van der Waals surface area contributed by atoms with E-state index in [0.29, 0.717) is 17.3 Å². The van der Waals surface area contributed by atoms with E-state index >= 15 is 0 Å². The number of nitrogens with zero attached hydrogens (tertiary/aromatic N) is 2. The summed E-state index contributed by atoms with van der Waals surface area (Å²) in [6.07, 6.45) is 9.48. The SMILES string of the molecule is Cc1ccc(Oc2ncccc2C(=NC2CCC(C)CC2)NO)c2c1CCC2.